The highest BCUT2D eigenvalue weighted by molar-refractivity contribution is 4.88. The van der Waals surface area contributed by atoms with E-state index in [1.54, 1.807) is 0 Å². The summed E-state index contributed by atoms with van der Waals surface area (Å²) >= 11 is 0. The molecule has 0 radical (unpaired) electrons. The Kier molecular flexibility index (Phi) is 10.0. The summed E-state index contributed by atoms with van der Waals surface area (Å²) in [7, 11) is 0. The van der Waals surface area contributed by atoms with Gasteiger partial charge >= 0.3 is 0 Å². The van der Waals surface area contributed by atoms with Crippen molar-refractivity contribution in [2.24, 2.45) is 5.92 Å². The molecule has 0 aromatic heterocycles. The summed E-state index contributed by atoms with van der Waals surface area (Å²) in [6, 6.07) is 0. The van der Waals surface area contributed by atoms with Gasteiger partial charge in [-0.2, -0.15) is 0 Å². The maximum Gasteiger partial charge on any atom is -0.0303 e. The van der Waals surface area contributed by atoms with Crippen molar-refractivity contribution in [3.63, 3.8) is 0 Å². The molecule has 0 aliphatic carbocycles. The Balaban J connectivity index is 0. The quantitative estimate of drug-likeness (QED) is 0.541. The van der Waals surface area contributed by atoms with Crippen molar-refractivity contribution >= 4 is 0 Å². The standard InChI is InChI=1S/C7H14.C5H10/c1-6(2)5-7(3)4;1-4-5(2)3/h7H,1,5H2,2-4H3;2,4H2,1,3H3. The third kappa shape index (κ3) is 22.7. The third-order valence-corrected chi connectivity index (χ3v) is 1.36. The van der Waals surface area contributed by atoms with Gasteiger partial charge in [0.25, 0.3) is 0 Å². The Morgan fingerprint density at radius 3 is 1.42 bits per heavy atom. The van der Waals surface area contributed by atoms with Gasteiger partial charge in [0.2, 0.25) is 0 Å². The van der Waals surface area contributed by atoms with E-state index in [1.165, 1.54) is 17.6 Å². The number of hydrogen-bond acceptors (Lipinski definition) is 0. The maximum absolute atomic E-state index is 3.80. The predicted octanol–water partition coefficient (Wildman–Crippen LogP) is 4.58. The van der Waals surface area contributed by atoms with Crippen LogP contribution >= 0.6 is 0 Å². The van der Waals surface area contributed by atoms with Crippen LogP contribution in [-0.4, -0.2) is 0 Å². The van der Waals surface area contributed by atoms with Crippen molar-refractivity contribution in [3.05, 3.63) is 24.3 Å². The van der Waals surface area contributed by atoms with Gasteiger partial charge in [-0.25, -0.2) is 0 Å². The first-order valence-electron chi connectivity index (χ1n) is 4.68. The molecule has 0 saturated carbocycles. The van der Waals surface area contributed by atoms with Gasteiger partial charge < -0.3 is 0 Å². The molecule has 0 nitrogen and oxygen atoms in total. The van der Waals surface area contributed by atoms with Crippen LogP contribution in [0.15, 0.2) is 24.3 Å². The Morgan fingerprint density at radius 2 is 1.42 bits per heavy atom. The van der Waals surface area contributed by atoms with Crippen LogP contribution in [0.4, 0.5) is 0 Å². The molecule has 0 atom stereocenters. The second-order valence-electron chi connectivity index (χ2n) is 3.87. The maximum atomic E-state index is 3.80. The van der Waals surface area contributed by atoms with E-state index in [9.17, 15) is 0 Å². The molecular formula is C12H24. The van der Waals surface area contributed by atoms with Crippen LogP contribution in [-0.2, 0) is 0 Å². The van der Waals surface area contributed by atoms with E-state index in [4.69, 9.17) is 0 Å². The Morgan fingerprint density at radius 1 is 1.08 bits per heavy atom. The van der Waals surface area contributed by atoms with Crippen LogP contribution in [0.25, 0.3) is 0 Å². The highest BCUT2D eigenvalue weighted by Gasteiger charge is 1.90. The highest BCUT2D eigenvalue weighted by atomic mass is 14.0. The van der Waals surface area contributed by atoms with E-state index < -0.39 is 0 Å². The first-order valence-corrected chi connectivity index (χ1v) is 4.68. The zero-order valence-electron chi connectivity index (χ0n) is 9.41. The van der Waals surface area contributed by atoms with Gasteiger partial charge in [0, 0.05) is 0 Å². The second-order valence-corrected chi connectivity index (χ2v) is 3.87. The lowest BCUT2D eigenvalue weighted by Crippen LogP contribution is -1.84. The molecule has 0 spiro atoms. The average Bonchev–Trinajstić information content (AvgIpc) is 1.85. The molecule has 0 N–H and O–H groups in total. The summed E-state index contributed by atoms with van der Waals surface area (Å²) in [4.78, 5) is 0. The molecule has 0 unspecified atom stereocenters. The number of allylic oxidation sites excluding steroid dienone is 2. The van der Waals surface area contributed by atoms with E-state index >= 15 is 0 Å². The average molecular weight is 168 g/mol. The van der Waals surface area contributed by atoms with Gasteiger partial charge in [0.05, 0.1) is 0 Å². The van der Waals surface area contributed by atoms with Crippen LogP contribution in [0.3, 0.4) is 0 Å². The fourth-order valence-electron chi connectivity index (χ4n) is 0.697. The molecule has 0 aliphatic heterocycles. The Labute approximate surface area is 78.4 Å². The largest absolute Gasteiger partial charge is 0.100 e. The van der Waals surface area contributed by atoms with Gasteiger partial charge in [-0.3, -0.25) is 0 Å². The Hall–Kier alpha value is -0.520. The van der Waals surface area contributed by atoms with Crippen LogP contribution in [0.1, 0.15) is 47.5 Å². The van der Waals surface area contributed by atoms with Crippen LogP contribution in [0.5, 0.6) is 0 Å². The molecule has 0 aromatic carbocycles. The molecule has 12 heavy (non-hydrogen) atoms. The summed E-state index contributed by atoms with van der Waals surface area (Å²) in [6.45, 7) is 18.1. The monoisotopic (exact) mass is 168 g/mol. The molecule has 0 saturated heterocycles. The zero-order valence-corrected chi connectivity index (χ0v) is 9.41. The van der Waals surface area contributed by atoms with Gasteiger partial charge in [0.1, 0.15) is 0 Å². The lowest BCUT2D eigenvalue weighted by atomic mass is 10.1. The predicted molar refractivity (Wildman–Crippen MR) is 59.4 cm³/mol. The molecule has 0 bridgehead atoms. The van der Waals surface area contributed by atoms with Crippen LogP contribution in [0.2, 0.25) is 0 Å². The highest BCUT2D eigenvalue weighted by Crippen LogP contribution is 2.05. The van der Waals surface area contributed by atoms with Crippen molar-refractivity contribution in [2.45, 2.75) is 47.5 Å². The normalized spacial score (nSPS) is 8.83. The molecule has 0 heteroatoms. The third-order valence-electron chi connectivity index (χ3n) is 1.36. The topological polar surface area (TPSA) is 0 Å². The molecule has 0 rings (SSSR count). The number of rotatable bonds is 3. The van der Waals surface area contributed by atoms with Gasteiger partial charge in [-0.05, 0) is 32.6 Å². The van der Waals surface area contributed by atoms with E-state index in [2.05, 4.69) is 40.9 Å². The van der Waals surface area contributed by atoms with Crippen LogP contribution in [0, 0.1) is 5.92 Å². The van der Waals surface area contributed by atoms with Gasteiger partial charge in [0.15, 0.2) is 0 Å². The fourth-order valence-corrected chi connectivity index (χ4v) is 0.697. The molecular weight excluding hydrogens is 144 g/mol. The molecule has 0 aliphatic rings. The summed E-state index contributed by atoms with van der Waals surface area (Å²) in [6.07, 6.45) is 2.28. The fraction of sp³-hybridized carbons (Fsp3) is 0.667. The Bertz CT molecular complexity index is 129. The lowest BCUT2D eigenvalue weighted by molar-refractivity contribution is 0.644. The zero-order chi connectivity index (χ0) is 10.1. The van der Waals surface area contributed by atoms with Gasteiger partial charge in [-0.15, -0.1) is 13.2 Å². The number of hydrogen-bond donors (Lipinski definition) is 0. The second kappa shape index (κ2) is 8.58. The van der Waals surface area contributed by atoms with E-state index in [1.807, 2.05) is 6.92 Å². The van der Waals surface area contributed by atoms with Crippen molar-refractivity contribution in [2.75, 3.05) is 0 Å². The van der Waals surface area contributed by atoms with E-state index in [0.29, 0.717) is 0 Å². The SMILES string of the molecule is C=C(C)CC.C=C(C)CC(C)C. The van der Waals surface area contributed by atoms with Crippen molar-refractivity contribution in [1.82, 2.24) is 0 Å². The molecule has 0 aromatic rings. The summed E-state index contributed by atoms with van der Waals surface area (Å²) < 4.78 is 0. The molecule has 0 fully saturated rings. The lowest BCUT2D eigenvalue weighted by Gasteiger charge is -1.99. The summed E-state index contributed by atoms with van der Waals surface area (Å²) in [5.74, 6) is 0.775. The smallest absolute Gasteiger partial charge is 0.0303 e. The van der Waals surface area contributed by atoms with E-state index in [0.717, 1.165) is 12.3 Å². The van der Waals surface area contributed by atoms with Crippen LogP contribution < -0.4 is 0 Å². The molecule has 0 heterocycles. The minimum atomic E-state index is 0.775. The van der Waals surface area contributed by atoms with Crippen molar-refractivity contribution < 1.29 is 0 Å². The molecule has 72 valence electrons. The minimum Gasteiger partial charge on any atom is -0.100 e. The van der Waals surface area contributed by atoms with Crippen molar-refractivity contribution in [3.8, 4) is 0 Å². The van der Waals surface area contributed by atoms with Gasteiger partial charge in [-0.1, -0.05) is 31.9 Å². The van der Waals surface area contributed by atoms with Crippen molar-refractivity contribution in [1.29, 1.82) is 0 Å². The minimum absolute atomic E-state index is 0.775. The summed E-state index contributed by atoms with van der Waals surface area (Å²) in [5.41, 5.74) is 2.54. The molecule has 0 amide bonds. The summed E-state index contributed by atoms with van der Waals surface area (Å²) in [5, 5.41) is 0. The first-order chi connectivity index (χ1) is 5.40. The first kappa shape index (κ1) is 14.0. The van der Waals surface area contributed by atoms with E-state index in [-0.39, 0.29) is 0 Å².